The molecule has 0 aromatic rings. The Bertz CT molecular complexity index is 269. The van der Waals surface area contributed by atoms with E-state index < -0.39 is 0 Å². The molecule has 2 nitrogen and oxygen atoms in total. The third kappa shape index (κ3) is 1.16. The van der Waals surface area contributed by atoms with Crippen molar-refractivity contribution in [3.8, 4) is 0 Å². The molecular weight excluding hydrogens is 176 g/mol. The zero-order chi connectivity index (χ0) is 10.6. The van der Waals surface area contributed by atoms with Crippen molar-refractivity contribution < 1.29 is 9.53 Å². The lowest BCUT2D eigenvalue weighted by Gasteiger charge is -2.48. The van der Waals surface area contributed by atoms with Crippen LogP contribution in [0.3, 0.4) is 0 Å². The molecule has 0 aromatic carbocycles. The number of Topliss-reactive ketones (excluding diaryl/α,β-unsaturated/α-hetero) is 1. The molecule has 2 aliphatic rings. The van der Waals surface area contributed by atoms with Crippen molar-refractivity contribution in [2.75, 3.05) is 6.61 Å². The molecule has 1 saturated carbocycles. The summed E-state index contributed by atoms with van der Waals surface area (Å²) in [6, 6.07) is 0. The molecule has 0 bridgehead atoms. The molecule has 0 radical (unpaired) electrons. The van der Waals surface area contributed by atoms with Crippen LogP contribution in [0.2, 0.25) is 0 Å². The number of hydrogen-bond acceptors (Lipinski definition) is 2. The fourth-order valence-corrected chi connectivity index (χ4v) is 3.36. The van der Waals surface area contributed by atoms with E-state index in [1.807, 2.05) is 0 Å². The van der Waals surface area contributed by atoms with Gasteiger partial charge < -0.3 is 4.74 Å². The lowest BCUT2D eigenvalue weighted by atomic mass is 9.57. The van der Waals surface area contributed by atoms with Gasteiger partial charge in [-0.2, -0.15) is 0 Å². The van der Waals surface area contributed by atoms with Gasteiger partial charge in [-0.25, -0.2) is 0 Å². The van der Waals surface area contributed by atoms with E-state index >= 15 is 0 Å². The Morgan fingerprint density at radius 1 is 1.36 bits per heavy atom. The van der Waals surface area contributed by atoms with Gasteiger partial charge in [-0.3, -0.25) is 4.79 Å². The quantitative estimate of drug-likeness (QED) is 0.594. The Labute approximate surface area is 86.0 Å². The van der Waals surface area contributed by atoms with Crippen LogP contribution in [-0.4, -0.2) is 18.0 Å². The molecule has 80 valence electrons. The monoisotopic (exact) mass is 196 g/mol. The predicted molar refractivity (Wildman–Crippen MR) is 55.0 cm³/mol. The molecule has 0 aromatic heterocycles. The van der Waals surface area contributed by atoms with Crippen molar-refractivity contribution in [1.82, 2.24) is 0 Å². The van der Waals surface area contributed by atoms with Gasteiger partial charge in [-0.1, -0.05) is 20.8 Å². The first-order chi connectivity index (χ1) is 6.38. The van der Waals surface area contributed by atoms with E-state index in [0.29, 0.717) is 18.1 Å². The first-order valence-corrected chi connectivity index (χ1v) is 5.54. The molecule has 0 amide bonds. The summed E-state index contributed by atoms with van der Waals surface area (Å²) in [5.74, 6) is 1.10. The molecule has 2 rings (SSSR count). The van der Waals surface area contributed by atoms with E-state index in [-0.39, 0.29) is 16.9 Å². The first kappa shape index (κ1) is 10.2. The summed E-state index contributed by atoms with van der Waals surface area (Å²) in [5.41, 5.74) is -0.0757. The van der Waals surface area contributed by atoms with Gasteiger partial charge in [0.1, 0.15) is 5.78 Å². The minimum Gasteiger partial charge on any atom is -0.375 e. The van der Waals surface area contributed by atoms with Crippen LogP contribution in [-0.2, 0) is 9.53 Å². The Balaban J connectivity index is 2.37. The lowest BCUT2D eigenvalue weighted by molar-refractivity contribution is -0.148. The predicted octanol–water partition coefficient (Wildman–Crippen LogP) is 2.42. The molecule has 3 atom stereocenters. The van der Waals surface area contributed by atoms with Gasteiger partial charge in [-0.15, -0.1) is 0 Å². The Morgan fingerprint density at radius 2 is 2.00 bits per heavy atom. The molecule has 14 heavy (non-hydrogen) atoms. The summed E-state index contributed by atoms with van der Waals surface area (Å²) in [7, 11) is 0. The zero-order valence-electron chi connectivity index (χ0n) is 9.59. The third-order valence-corrected chi connectivity index (χ3v) is 4.60. The van der Waals surface area contributed by atoms with Gasteiger partial charge in [0.15, 0.2) is 0 Å². The number of ketones is 1. The fraction of sp³-hybridized carbons (Fsp3) is 0.917. The van der Waals surface area contributed by atoms with Crippen molar-refractivity contribution in [1.29, 1.82) is 0 Å². The molecule has 1 aliphatic heterocycles. The maximum atomic E-state index is 11.9. The van der Waals surface area contributed by atoms with Crippen LogP contribution in [0.5, 0.6) is 0 Å². The highest BCUT2D eigenvalue weighted by atomic mass is 16.5. The van der Waals surface area contributed by atoms with Gasteiger partial charge in [0.05, 0.1) is 5.60 Å². The van der Waals surface area contributed by atoms with E-state index in [9.17, 15) is 4.79 Å². The molecule has 3 unspecified atom stereocenters. The fourth-order valence-electron chi connectivity index (χ4n) is 3.36. The van der Waals surface area contributed by atoms with Gasteiger partial charge in [0, 0.05) is 18.9 Å². The van der Waals surface area contributed by atoms with Crippen LogP contribution in [0.1, 0.15) is 40.5 Å². The molecule has 1 aliphatic carbocycles. The van der Waals surface area contributed by atoms with Crippen LogP contribution in [0.4, 0.5) is 0 Å². The molecule has 2 heteroatoms. The summed E-state index contributed by atoms with van der Waals surface area (Å²) in [4.78, 5) is 11.9. The van der Waals surface area contributed by atoms with E-state index in [0.717, 1.165) is 13.0 Å². The Hall–Kier alpha value is -0.370. The van der Waals surface area contributed by atoms with Gasteiger partial charge >= 0.3 is 0 Å². The van der Waals surface area contributed by atoms with Crippen LogP contribution in [0.15, 0.2) is 0 Å². The highest BCUT2D eigenvalue weighted by Gasteiger charge is 2.56. The number of ether oxygens (including phenoxy) is 1. The number of carbonyl (C=O) groups excluding carboxylic acids is 1. The van der Waals surface area contributed by atoms with Crippen LogP contribution < -0.4 is 0 Å². The minimum atomic E-state index is -0.174. The maximum Gasteiger partial charge on any atom is 0.139 e. The topological polar surface area (TPSA) is 26.3 Å². The molecule has 0 N–H and O–H groups in total. The molecular formula is C12H20O2. The third-order valence-electron chi connectivity index (χ3n) is 4.60. The summed E-state index contributed by atoms with van der Waals surface area (Å²) in [5, 5.41) is 0. The molecule has 1 heterocycles. The highest BCUT2D eigenvalue weighted by molar-refractivity contribution is 5.83. The summed E-state index contributed by atoms with van der Waals surface area (Å²) < 4.78 is 5.78. The molecule has 2 fully saturated rings. The number of hydrogen-bond donors (Lipinski definition) is 0. The van der Waals surface area contributed by atoms with E-state index in [2.05, 4.69) is 27.7 Å². The largest absolute Gasteiger partial charge is 0.375 e. The summed E-state index contributed by atoms with van der Waals surface area (Å²) in [6.45, 7) is 9.43. The smallest absolute Gasteiger partial charge is 0.139 e. The number of rotatable bonds is 0. The average molecular weight is 196 g/mol. The SMILES string of the molecule is CC1C(=O)CC2(C)OCCC2C1(C)C. The second-order valence-electron chi connectivity index (χ2n) is 5.69. The van der Waals surface area contributed by atoms with E-state index in [1.54, 1.807) is 0 Å². The Kier molecular flexibility index (Phi) is 2.04. The van der Waals surface area contributed by atoms with Crippen LogP contribution in [0.25, 0.3) is 0 Å². The zero-order valence-corrected chi connectivity index (χ0v) is 9.59. The van der Waals surface area contributed by atoms with E-state index in [4.69, 9.17) is 4.74 Å². The van der Waals surface area contributed by atoms with Crippen molar-refractivity contribution >= 4 is 5.78 Å². The Morgan fingerprint density at radius 3 is 2.64 bits per heavy atom. The van der Waals surface area contributed by atoms with Crippen molar-refractivity contribution in [2.45, 2.75) is 46.1 Å². The van der Waals surface area contributed by atoms with Crippen LogP contribution in [0, 0.1) is 17.3 Å². The number of carbonyl (C=O) groups is 1. The maximum absolute atomic E-state index is 11.9. The van der Waals surface area contributed by atoms with Crippen molar-refractivity contribution in [3.05, 3.63) is 0 Å². The highest BCUT2D eigenvalue weighted by Crippen LogP contribution is 2.53. The average Bonchev–Trinajstić information content (AvgIpc) is 2.44. The van der Waals surface area contributed by atoms with Crippen molar-refractivity contribution in [3.63, 3.8) is 0 Å². The van der Waals surface area contributed by atoms with Gasteiger partial charge in [0.2, 0.25) is 0 Å². The van der Waals surface area contributed by atoms with Gasteiger partial charge in [0.25, 0.3) is 0 Å². The summed E-state index contributed by atoms with van der Waals surface area (Å²) >= 11 is 0. The summed E-state index contributed by atoms with van der Waals surface area (Å²) in [6.07, 6.45) is 1.73. The minimum absolute atomic E-state index is 0.0978. The standard InChI is InChI=1S/C12H20O2/c1-8-9(13)7-12(4)10(5-6-14-12)11(8,2)3/h8,10H,5-7H2,1-4H3. The van der Waals surface area contributed by atoms with Crippen molar-refractivity contribution in [2.24, 2.45) is 17.3 Å². The lowest BCUT2D eigenvalue weighted by Crippen LogP contribution is -2.52. The molecule has 0 spiro atoms. The second kappa shape index (κ2) is 2.82. The second-order valence-corrected chi connectivity index (χ2v) is 5.69. The van der Waals surface area contributed by atoms with Gasteiger partial charge in [-0.05, 0) is 24.7 Å². The van der Waals surface area contributed by atoms with Crippen LogP contribution >= 0.6 is 0 Å². The first-order valence-electron chi connectivity index (χ1n) is 5.54. The molecule has 1 saturated heterocycles. The number of fused-ring (bicyclic) bond motifs is 1. The normalized spacial score (nSPS) is 46.4. The van der Waals surface area contributed by atoms with E-state index in [1.165, 1.54) is 0 Å².